The van der Waals surface area contributed by atoms with E-state index in [1.165, 1.54) is 0 Å². The molecule has 12 nitrogen and oxygen atoms in total. The van der Waals surface area contributed by atoms with Crippen LogP contribution in [0.2, 0.25) is 0 Å². The third-order valence-electron chi connectivity index (χ3n) is 2.82. The van der Waals surface area contributed by atoms with Gasteiger partial charge in [-0.1, -0.05) is 0 Å². The van der Waals surface area contributed by atoms with Crippen molar-refractivity contribution in [3.05, 3.63) is 0 Å². The number of rotatable bonds is 8. The predicted molar refractivity (Wildman–Crippen MR) is 75.2 cm³/mol. The number of carbonyl (C=O) groups excluding carboxylic acids is 2. The van der Waals surface area contributed by atoms with Crippen molar-refractivity contribution >= 4 is 49.7 Å². The molecule has 0 bridgehead atoms. The van der Waals surface area contributed by atoms with Gasteiger partial charge in [0.05, 0.1) is 24.1 Å². The molecule has 0 aromatic carbocycles. The number of aliphatic hydroxyl groups is 8. The third kappa shape index (κ3) is 11.2. The maximum atomic E-state index is 9.95. The summed E-state index contributed by atoms with van der Waals surface area (Å²) in [5.41, 5.74) is 0. The van der Waals surface area contributed by atoms with Gasteiger partial charge in [0.15, 0.2) is 0 Å². The molecule has 0 amide bonds. The average molecular weight is 398 g/mol. The normalized spacial score (nSPS) is 20.2. The molecule has 0 heterocycles. The van der Waals surface area contributed by atoms with Crippen LogP contribution in [0.4, 0.5) is 0 Å². The van der Waals surface area contributed by atoms with Gasteiger partial charge in [-0.25, -0.2) is 0 Å². The van der Waals surface area contributed by atoms with E-state index in [0.29, 0.717) is 0 Å². The molecule has 0 spiro atoms. The van der Waals surface area contributed by atoms with Crippen molar-refractivity contribution in [1.29, 1.82) is 0 Å². The van der Waals surface area contributed by atoms with Gasteiger partial charge in [-0.3, -0.25) is 0 Å². The Hall–Kier alpha value is -0.120. The van der Waals surface area contributed by atoms with E-state index in [1.54, 1.807) is 0 Å². The fourth-order valence-electron chi connectivity index (χ4n) is 1.22. The first-order valence-corrected chi connectivity index (χ1v) is 6.61. The standard InChI is InChI=1S/2C6H12O6.Ca/c2*1-2(7)3(8)4(9)5(10)6(11)12;/h2*2-5,7-10H,1H3,(H,11,12);/q;;+2/p-2/t2*2-,3-,4+,5+;/m00./s1. The van der Waals surface area contributed by atoms with Gasteiger partial charge in [0, 0.05) is 0 Å². The molecule has 144 valence electrons. The van der Waals surface area contributed by atoms with Crippen molar-refractivity contribution in [2.45, 2.75) is 62.7 Å². The summed E-state index contributed by atoms with van der Waals surface area (Å²) in [6.45, 7) is 2.30. The molecule has 13 heteroatoms. The SMILES string of the molecule is C[C@H](O)[C@H](O)[C@@H](O)[C@@H](O)C(=O)[O-].C[C@H](O)[C@H](O)[C@@H](O)[C@@H](O)C(=O)[O-].[Ca+2]. The zero-order chi connectivity index (χ0) is 19.8. The Labute approximate surface area is 172 Å². The number of aliphatic carboxylic acids is 2. The van der Waals surface area contributed by atoms with Crippen LogP contribution in [0.5, 0.6) is 0 Å². The molecule has 0 saturated heterocycles. The van der Waals surface area contributed by atoms with Crippen LogP contribution in [-0.4, -0.2) is 139 Å². The zero-order valence-electron chi connectivity index (χ0n) is 13.5. The first-order chi connectivity index (χ1) is 10.7. The fourth-order valence-corrected chi connectivity index (χ4v) is 1.22. The van der Waals surface area contributed by atoms with Gasteiger partial charge in [0.1, 0.15) is 36.6 Å². The summed E-state index contributed by atoms with van der Waals surface area (Å²) in [4.78, 5) is 19.9. The summed E-state index contributed by atoms with van der Waals surface area (Å²) in [6, 6.07) is 0. The Morgan fingerprint density at radius 3 is 0.920 bits per heavy atom. The first kappa shape index (κ1) is 29.6. The van der Waals surface area contributed by atoms with Gasteiger partial charge < -0.3 is 60.7 Å². The number of carboxylic acid groups (broad SMARTS) is 2. The Morgan fingerprint density at radius 1 is 0.600 bits per heavy atom. The van der Waals surface area contributed by atoms with Crippen molar-refractivity contribution in [2.75, 3.05) is 0 Å². The van der Waals surface area contributed by atoms with Gasteiger partial charge in [0.25, 0.3) is 0 Å². The molecule has 0 aromatic rings. The smallest absolute Gasteiger partial charge is 0.547 e. The number of carboxylic acids is 2. The van der Waals surface area contributed by atoms with Crippen LogP contribution in [0.1, 0.15) is 13.8 Å². The number of hydrogen-bond acceptors (Lipinski definition) is 12. The quantitative estimate of drug-likeness (QED) is 0.178. The van der Waals surface area contributed by atoms with Crippen LogP contribution in [0.25, 0.3) is 0 Å². The summed E-state index contributed by atoms with van der Waals surface area (Å²) in [7, 11) is 0. The molecule has 0 aliphatic heterocycles. The zero-order valence-corrected chi connectivity index (χ0v) is 15.7. The van der Waals surface area contributed by atoms with Crippen molar-refractivity contribution in [3.63, 3.8) is 0 Å². The van der Waals surface area contributed by atoms with Crippen LogP contribution in [0, 0.1) is 0 Å². The van der Waals surface area contributed by atoms with E-state index in [9.17, 15) is 19.8 Å². The molecule has 0 saturated carbocycles. The maximum Gasteiger partial charge on any atom is 2.00 e. The Kier molecular flexibility index (Phi) is 16.6. The van der Waals surface area contributed by atoms with Crippen LogP contribution in [0.3, 0.4) is 0 Å². The van der Waals surface area contributed by atoms with Gasteiger partial charge in [-0.15, -0.1) is 0 Å². The second kappa shape index (κ2) is 14.0. The molecule has 0 radical (unpaired) electrons. The minimum Gasteiger partial charge on any atom is -0.547 e. The van der Waals surface area contributed by atoms with Crippen molar-refractivity contribution in [3.8, 4) is 0 Å². The second-order valence-corrected chi connectivity index (χ2v) is 4.97. The van der Waals surface area contributed by atoms with E-state index in [2.05, 4.69) is 0 Å². The van der Waals surface area contributed by atoms with Crippen molar-refractivity contribution in [2.24, 2.45) is 0 Å². The van der Waals surface area contributed by atoms with Crippen molar-refractivity contribution in [1.82, 2.24) is 0 Å². The molecule has 25 heavy (non-hydrogen) atoms. The van der Waals surface area contributed by atoms with Crippen LogP contribution < -0.4 is 10.2 Å². The van der Waals surface area contributed by atoms with E-state index in [-0.39, 0.29) is 37.7 Å². The molecule has 0 fully saturated rings. The first-order valence-electron chi connectivity index (χ1n) is 6.61. The largest absolute Gasteiger partial charge is 2.00 e. The molecule has 0 unspecified atom stereocenters. The molecule has 0 aliphatic rings. The van der Waals surface area contributed by atoms with Crippen LogP contribution in [-0.2, 0) is 9.59 Å². The Bertz CT molecular complexity index is 354. The molecule has 8 atom stereocenters. The summed E-state index contributed by atoms with van der Waals surface area (Å²) in [5.74, 6) is -3.80. The van der Waals surface area contributed by atoms with Gasteiger partial charge in [-0.05, 0) is 13.8 Å². The Balaban J connectivity index is -0.000000372. The molecule has 0 rings (SSSR count). The van der Waals surface area contributed by atoms with E-state index in [0.717, 1.165) is 13.8 Å². The third-order valence-corrected chi connectivity index (χ3v) is 2.82. The fraction of sp³-hybridized carbons (Fsp3) is 0.833. The summed E-state index contributed by atoms with van der Waals surface area (Å²) in [5, 5.41) is 90.0. The minimum absolute atomic E-state index is 0. The topological polar surface area (TPSA) is 242 Å². The molecule has 0 aromatic heterocycles. The van der Waals surface area contributed by atoms with E-state index in [4.69, 9.17) is 40.9 Å². The van der Waals surface area contributed by atoms with Gasteiger partial charge in [-0.2, -0.15) is 0 Å². The monoisotopic (exact) mass is 398 g/mol. The van der Waals surface area contributed by atoms with E-state index < -0.39 is 60.8 Å². The predicted octanol–water partition coefficient (Wildman–Crippen LogP) is -7.98. The number of hydrogen-bond donors (Lipinski definition) is 8. The van der Waals surface area contributed by atoms with E-state index in [1.807, 2.05) is 0 Å². The second-order valence-electron chi connectivity index (χ2n) is 4.97. The average Bonchev–Trinajstić information content (AvgIpc) is 2.50. The number of aliphatic hydroxyl groups excluding tert-OH is 8. The van der Waals surface area contributed by atoms with Crippen LogP contribution in [0.15, 0.2) is 0 Å². The van der Waals surface area contributed by atoms with Crippen LogP contribution >= 0.6 is 0 Å². The van der Waals surface area contributed by atoms with Gasteiger partial charge in [0.2, 0.25) is 0 Å². The molecule has 0 aliphatic carbocycles. The number of carbonyl (C=O) groups is 2. The minimum atomic E-state index is -2.20. The van der Waals surface area contributed by atoms with E-state index >= 15 is 0 Å². The Morgan fingerprint density at radius 2 is 0.800 bits per heavy atom. The van der Waals surface area contributed by atoms with Crippen molar-refractivity contribution < 1.29 is 60.7 Å². The van der Waals surface area contributed by atoms with Gasteiger partial charge >= 0.3 is 37.7 Å². The molecule has 8 N–H and O–H groups in total. The molecular formula is C12H22CaO12. The summed E-state index contributed by atoms with van der Waals surface area (Å²) >= 11 is 0. The molecular weight excluding hydrogens is 376 g/mol. The summed E-state index contributed by atoms with van der Waals surface area (Å²) in [6.07, 6.45) is -14.4. The maximum absolute atomic E-state index is 9.95. The summed E-state index contributed by atoms with van der Waals surface area (Å²) < 4.78 is 0.